The molecule has 2 heterocycles. The first kappa shape index (κ1) is 16.5. The molecule has 7 heteroatoms. The van der Waals surface area contributed by atoms with Crippen LogP contribution in [0.5, 0.6) is 0 Å². The number of guanidine groups is 1. The average Bonchev–Trinajstić information content (AvgIpc) is 2.97. The van der Waals surface area contributed by atoms with Crippen molar-refractivity contribution in [2.24, 2.45) is 10.9 Å². The van der Waals surface area contributed by atoms with Crippen LogP contribution in [0, 0.1) is 5.92 Å². The first-order valence-corrected chi connectivity index (χ1v) is 7.55. The highest BCUT2D eigenvalue weighted by molar-refractivity contribution is 14.0. The van der Waals surface area contributed by atoms with Crippen molar-refractivity contribution in [2.45, 2.75) is 25.9 Å². The van der Waals surface area contributed by atoms with Crippen LogP contribution in [0.2, 0.25) is 0 Å². The molecule has 2 N–H and O–H groups in total. The van der Waals surface area contributed by atoms with E-state index in [1.165, 1.54) is 6.42 Å². The fraction of sp³-hybridized carbons (Fsp3) is 0.429. The smallest absolute Gasteiger partial charge is 0.191 e. The number of hydrogen-bond acceptors (Lipinski definition) is 2. The van der Waals surface area contributed by atoms with Crippen LogP contribution in [0.1, 0.15) is 19.0 Å². The lowest BCUT2D eigenvalue weighted by atomic mass is 10.4. The topological polar surface area (TPSA) is 53.7 Å². The molecule has 1 saturated carbocycles. The lowest BCUT2D eigenvalue weighted by Crippen LogP contribution is -2.38. The molecule has 1 fully saturated rings. The zero-order chi connectivity index (χ0) is 14.1. The monoisotopic (exact) mass is 463 g/mol. The van der Waals surface area contributed by atoms with Crippen LogP contribution >= 0.6 is 39.9 Å². The molecule has 1 aliphatic carbocycles. The number of aromatic nitrogens is 2. The van der Waals surface area contributed by atoms with Crippen molar-refractivity contribution in [3.63, 3.8) is 0 Å². The molecule has 2 aromatic rings. The Morgan fingerprint density at radius 3 is 2.90 bits per heavy atom. The van der Waals surface area contributed by atoms with E-state index < -0.39 is 0 Å². The van der Waals surface area contributed by atoms with Crippen molar-refractivity contribution in [1.29, 1.82) is 0 Å². The number of rotatable bonds is 3. The van der Waals surface area contributed by atoms with Gasteiger partial charge in [-0.2, -0.15) is 0 Å². The summed E-state index contributed by atoms with van der Waals surface area (Å²) in [5.74, 6) is 1.60. The molecular weight excluding hydrogens is 445 g/mol. The second kappa shape index (κ2) is 6.95. The Morgan fingerprint density at radius 2 is 2.24 bits per heavy atom. The van der Waals surface area contributed by atoms with Gasteiger partial charge < -0.3 is 15.0 Å². The van der Waals surface area contributed by atoms with E-state index in [0.717, 1.165) is 27.7 Å². The van der Waals surface area contributed by atoms with Crippen LogP contribution in [-0.4, -0.2) is 28.4 Å². The molecule has 0 saturated heterocycles. The maximum Gasteiger partial charge on any atom is 0.191 e. The summed E-state index contributed by atoms with van der Waals surface area (Å²) < 4.78 is 3.06. The van der Waals surface area contributed by atoms with Crippen molar-refractivity contribution < 1.29 is 0 Å². The summed E-state index contributed by atoms with van der Waals surface area (Å²) in [5.41, 5.74) is 1.94. The van der Waals surface area contributed by atoms with Crippen molar-refractivity contribution in [1.82, 2.24) is 20.0 Å². The number of hydrogen-bond donors (Lipinski definition) is 2. The number of pyridine rings is 1. The van der Waals surface area contributed by atoms with E-state index in [1.54, 1.807) is 7.05 Å². The lowest BCUT2D eigenvalue weighted by molar-refractivity contribution is 0.758. The summed E-state index contributed by atoms with van der Waals surface area (Å²) in [4.78, 5) is 8.80. The van der Waals surface area contributed by atoms with Gasteiger partial charge in [-0.25, -0.2) is 4.98 Å². The Morgan fingerprint density at radius 1 is 1.48 bits per heavy atom. The van der Waals surface area contributed by atoms with Gasteiger partial charge in [-0.05, 0) is 40.4 Å². The van der Waals surface area contributed by atoms with Crippen molar-refractivity contribution >= 4 is 51.5 Å². The highest BCUT2D eigenvalue weighted by Crippen LogP contribution is 2.28. The molecule has 2 atom stereocenters. The van der Waals surface area contributed by atoms with Gasteiger partial charge in [0.1, 0.15) is 5.65 Å². The number of nitrogens with zero attached hydrogens (tertiary/aromatic N) is 3. The van der Waals surface area contributed by atoms with Gasteiger partial charge in [0.05, 0.1) is 12.2 Å². The number of halogens is 2. The largest absolute Gasteiger partial charge is 0.353 e. The molecule has 0 aromatic carbocycles. The van der Waals surface area contributed by atoms with Gasteiger partial charge >= 0.3 is 0 Å². The minimum Gasteiger partial charge on any atom is -0.353 e. The summed E-state index contributed by atoms with van der Waals surface area (Å²) in [6, 6.07) is 4.55. The van der Waals surface area contributed by atoms with Gasteiger partial charge in [-0.15, -0.1) is 24.0 Å². The highest BCUT2D eigenvalue weighted by atomic mass is 127. The number of aliphatic imine (C=N–C) groups is 1. The van der Waals surface area contributed by atoms with E-state index in [0.29, 0.717) is 12.6 Å². The molecule has 2 aromatic heterocycles. The molecule has 0 amide bonds. The number of imidazole rings is 1. The number of nitrogens with one attached hydrogen (secondary N) is 2. The van der Waals surface area contributed by atoms with Gasteiger partial charge in [0, 0.05) is 30.0 Å². The van der Waals surface area contributed by atoms with Gasteiger partial charge in [0.2, 0.25) is 0 Å². The fourth-order valence-corrected chi connectivity index (χ4v) is 2.52. The highest BCUT2D eigenvalue weighted by Gasteiger charge is 2.33. The van der Waals surface area contributed by atoms with Crippen LogP contribution < -0.4 is 10.6 Å². The second-order valence-electron chi connectivity index (χ2n) is 5.23. The Labute approximate surface area is 149 Å². The quantitative estimate of drug-likeness (QED) is 0.418. The minimum atomic E-state index is 0. The molecule has 0 bridgehead atoms. The summed E-state index contributed by atoms with van der Waals surface area (Å²) in [6.07, 6.45) is 5.26. The summed E-state index contributed by atoms with van der Waals surface area (Å²) >= 11 is 3.46. The molecule has 0 aliphatic heterocycles. The zero-order valence-electron chi connectivity index (χ0n) is 12.0. The molecule has 0 radical (unpaired) electrons. The third-order valence-electron chi connectivity index (χ3n) is 3.56. The Hall–Kier alpha value is -0.830. The van der Waals surface area contributed by atoms with Crippen molar-refractivity contribution in [2.75, 3.05) is 7.05 Å². The predicted molar refractivity (Wildman–Crippen MR) is 99.2 cm³/mol. The van der Waals surface area contributed by atoms with Crippen LogP contribution in [0.15, 0.2) is 34.0 Å². The Bertz CT molecular complexity index is 654. The maximum absolute atomic E-state index is 4.57. The van der Waals surface area contributed by atoms with Gasteiger partial charge in [0.25, 0.3) is 0 Å². The van der Waals surface area contributed by atoms with Crippen LogP contribution in [0.3, 0.4) is 0 Å². The fourth-order valence-electron chi connectivity index (χ4n) is 2.17. The van der Waals surface area contributed by atoms with Crippen molar-refractivity contribution in [3.05, 3.63) is 34.7 Å². The first-order valence-electron chi connectivity index (χ1n) is 6.76. The summed E-state index contributed by atoms with van der Waals surface area (Å²) in [7, 11) is 1.79. The maximum atomic E-state index is 4.57. The lowest BCUT2D eigenvalue weighted by Gasteiger charge is -2.09. The average molecular weight is 464 g/mol. The van der Waals surface area contributed by atoms with E-state index in [-0.39, 0.29) is 24.0 Å². The van der Waals surface area contributed by atoms with Crippen LogP contribution in [-0.2, 0) is 6.54 Å². The second-order valence-corrected chi connectivity index (χ2v) is 6.15. The summed E-state index contributed by atoms with van der Waals surface area (Å²) in [6.45, 7) is 2.91. The molecular formula is C14H19BrIN5. The van der Waals surface area contributed by atoms with Gasteiger partial charge in [-0.1, -0.05) is 6.92 Å². The van der Waals surface area contributed by atoms with E-state index in [2.05, 4.69) is 43.5 Å². The third-order valence-corrected chi connectivity index (χ3v) is 4.03. The van der Waals surface area contributed by atoms with Gasteiger partial charge in [-0.3, -0.25) is 4.99 Å². The van der Waals surface area contributed by atoms with E-state index >= 15 is 0 Å². The van der Waals surface area contributed by atoms with E-state index in [1.807, 2.05) is 28.9 Å². The SMILES string of the molecule is CN=C(NCc1cn2cc(Br)ccc2n1)NC1CC1C.I. The van der Waals surface area contributed by atoms with Gasteiger partial charge in [0.15, 0.2) is 5.96 Å². The Kier molecular flexibility index (Phi) is 5.48. The third kappa shape index (κ3) is 4.09. The molecule has 0 spiro atoms. The summed E-state index contributed by atoms with van der Waals surface area (Å²) in [5, 5.41) is 6.70. The number of fused-ring (bicyclic) bond motifs is 1. The molecule has 2 unspecified atom stereocenters. The Balaban J connectivity index is 0.00000161. The molecule has 114 valence electrons. The van der Waals surface area contributed by atoms with Crippen LogP contribution in [0.4, 0.5) is 0 Å². The van der Waals surface area contributed by atoms with E-state index in [4.69, 9.17) is 0 Å². The predicted octanol–water partition coefficient (Wildman–Crippen LogP) is 2.79. The minimum absolute atomic E-state index is 0. The molecule has 5 nitrogen and oxygen atoms in total. The molecule has 1 aliphatic rings. The normalized spacial score (nSPS) is 21.0. The van der Waals surface area contributed by atoms with Crippen LogP contribution in [0.25, 0.3) is 5.65 Å². The molecule has 21 heavy (non-hydrogen) atoms. The molecule has 3 rings (SSSR count). The standard InChI is InChI=1S/C14H18BrN5.HI/c1-9-5-12(9)19-14(16-2)17-6-11-8-20-7-10(15)3-4-13(20)18-11;/h3-4,7-9,12H,5-6H2,1-2H3,(H2,16,17,19);1H. The zero-order valence-corrected chi connectivity index (χ0v) is 15.9. The van der Waals surface area contributed by atoms with Crippen molar-refractivity contribution in [3.8, 4) is 0 Å². The van der Waals surface area contributed by atoms with E-state index in [9.17, 15) is 0 Å². The first-order chi connectivity index (χ1) is 9.65.